The van der Waals surface area contributed by atoms with Gasteiger partial charge in [0, 0.05) is 26.2 Å². The van der Waals surface area contributed by atoms with Crippen molar-refractivity contribution in [1.29, 1.82) is 0 Å². The van der Waals surface area contributed by atoms with Crippen LogP contribution < -0.4 is 5.32 Å². The number of hydrogen-bond donors (Lipinski definition) is 2. The Bertz CT molecular complexity index is 1070. The summed E-state index contributed by atoms with van der Waals surface area (Å²) in [6.45, 7) is 0.569. The van der Waals surface area contributed by atoms with Gasteiger partial charge in [0.2, 0.25) is 0 Å². The zero-order valence-corrected chi connectivity index (χ0v) is 15.0. The number of benzene rings is 1. The number of aromatic amines is 1. The summed E-state index contributed by atoms with van der Waals surface area (Å²) in [5.74, 6) is 0.846. The molecule has 0 bridgehead atoms. The molecule has 3 aromatic heterocycles. The van der Waals surface area contributed by atoms with Crippen LogP contribution >= 0.6 is 0 Å². The minimum Gasteiger partial charge on any atom is -0.351 e. The number of hydrogen-bond acceptors (Lipinski definition) is 4. The molecule has 4 aromatic rings. The molecule has 0 saturated carbocycles. The van der Waals surface area contributed by atoms with E-state index in [1.807, 2.05) is 43.4 Å². The molecule has 0 atom stereocenters. The second-order valence-electron chi connectivity index (χ2n) is 6.32. The molecule has 0 aliphatic rings. The van der Waals surface area contributed by atoms with Crippen molar-refractivity contribution >= 4 is 16.9 Å². The number of H-pyrrole nitrogens is 1. The number of para-hydroxylation sites is 2. The number of carbonyl (C=O) groups is 1. The van der Waals surface area contributed by atoms with Crippen LogP contribution in [0.3, 0.4) is 0 Å². The summed E-state index contributed by atoms with van der Waals surface area (Å²) in [6.07, 6.45) is 3.31. The third kappa shape index (κ3) is 3.57. The Labute approximate surface area is 156 Å². The highest BCUT2D eigenvalue weighted by molar-refractivity contribution is 5.93. The maximum atomic E-state index is 12.3. The molecule has 7 heteroatoms. The third-order valence-corrected chi connectivity index (χ3v) is 4.49. The van der Waals surface area contributed by atoms with Crippen molar-refractivity contribution in [3.63, 3.8) is 0 Å². The van der Waals surface area contributed by atoms with Crippen molar-refractivity contribution < 1.29 is 4.79 Å². The van der Waals surface area contributed by atoms with Crippen LogP contribution in [-0.4, -0.2) is 37.2 Å². The topological polar surface area (TPSA) is 88.5 Å². The van der Waals surface area contributed by atoms with E-state index in [0.29, 0.717) is 17.9 Å². The predicted octanol–water partition coefficient (Wildman–Crippen LogP) is 2.72. The Morgan fingerprint density at radius 2 is 2.00 bits per heavy atom. The summed E-state index contributed by atoms with van der Waals surface area (Å²) in [5, 5.41) is 9.85. The Morgan fingerprint density at radius 3 is 2.81 bits per heavy atom. The number of carbonyl (C=O) groups excluding carboxylic acids is 1. The molecule has 0 aliphatic heterocycles. The Balaban J connectivity index is 1.32. The lowest BCUT2D eigenvalue weighted by Crippen LogP contribution is -2.25. The number of pyridine rings is 1. The minimum absolute atomic E-state index is 0.172. The fourth-order valence-electron chi connectivity index (χ4n) is 3.05. The van der Waals surface area contributed by atoms with Crippen molar-refractivity contribution in [2.24, 2.45) is 7.05 Å². The van der Waals surface area contributed by atoms with Crippen molar-refractivity contribution in [2.75, 3.05) is 6.54 Å². The Morgan fingerprint density at radius 1 is 1.15 bits per heavy atom. The minimum atomic E-state index is -0.172. The smallest absolute Gasteiger partial charge is 0.269 e. The number of aromatic nitrogens is 5. The standard InChI is InChI=1S/C20H20N6O/c1-26-18-9-3-2-8-15(18)23-19(26)10-6-12-22-20(27)17-13-16(24-25-17)14-7-4-5-11-21-14/h2-5,7-9,11,13H,6,10,12H2,1H3,(H,22,27)(H,24,25). The quantitative estimate of drug-likeness (QED) is 0.518. The van der Waals surface area contributed by atoms with Crippen LogP contribution in [0, 0.1) is 0 Å². The number of rotatable bonds is 6. The van der Waals surface area contributed by atoms with E-state index in [4.69, 9.17) is 0 Å². The summed E-state index contributed by atoms with van der Waals surface area (Å²) in [7, 11) is 2.02. The SMILES string of the molecule is Cn1c(CCCNC(=O)c2cc(-c3ccccn3)n[nH]2)nc2ccccc21. The van der Waals surface area contributed by atoms with Gasteiger partial charge in [0.05, 0.1) is 16.7 Å². The molecule has 27 heavy (non-hydrogen) atoms. The van der Waals surface area contributed by atoms with Crippen LogP contribution in [0.2, 0.25) is 0 Å². The molecule has 0 unspecified atom stereocenters. The lowest BCUT2D eigenvalue weighted by Gasteiger charge is -2.04. The van der Waals surface area contributed by atoms with Crippen LogP contribution in [0.1, 0.15) is 22.7 Å². The molecule has 0 fully saturated rings. The maximum absolute atomic E-state index is 12.3. The van der Waals surface area contributed by atoms with Gasteiger partial charge in [-0.05, 0) is 36.8 Å². The van der Waals surface area contributed by atoms with E-state index in [2.05, 4.69) is 36.1 Å². The summed E-state index contributed by atoms with van der Waals surface area (Å²) in [5.41, 5.74) is 3.93. The molecule has 0 saturated heterocycles. The van der Waals surface area contributed by atoms with Crippen molar-refractivity contribution in [3.05, 3.63) is 66.2 Å². The summed E-state index contributed by atoms with van der Waals surface area (Å²) < 4.78 is 2.10. The van der Waals surface area contributed by atoms with Crippen LogP contribution in [0.5, 0.6) is 0 Å². The predicted molar refractivity (Wildman–Crippen MR) is 103 cm³/mol. The lowest BCUT2D eigenvalue weighted by atomic mass is 10.2. The molecule has 2 N–H and O–H groups in total. The van der Waals surface area contributed by atoms with Gasteiger partial charge in [0.15, 0.2) is 0 Å². The van der Waals surface area contributed by atoms with Gasteiger partial charge in [-0.1, -0.05) is 18.2 Å². The molecular weight excluding hydrogens is 340 g/mol. The fraction of sp³-hybridized carbons (Fsp3) is 0.200. The molecule has 3 heterocycles. The molecule has 0 radical (unpaired) electrons. The van der Waals surface area contributed by atoms with Gasteiger partial charge in [0.1, 0.15) is 17.2 Å². The number of nitrogens with zero attached hydrogens (tertiary/aromatic N) is 4. The molecule has 7 nitrogen and oxygen atoms in total. The number of fused-ring (bicyclic) bond motifs is 1. The van der Waals surface area contributed by atoms with Crippen LogP contribution in [-0.2, 0) is 13.5 Å². The van der Waals surface area contributed by atoms with E-state index in [0.717, 1.165) is 35.4 Å². The van der Waals surface area contributed by atoms with Crippen molar-refractivity contribution in [2.45, 2.75) is 12.8 Å². The van der Waals surface area contributed by atoms with Gasteiger partial charge in [0.25, 0.3) is 5.91 Å². The van der Waals surface area contributed by atoms with Gasteiger partial charge >= 0.3 is 0 Å². The third-order valence-electron chi connectivity index (χ3n) is 4.49. The first kappa shape index (κ1) is 17.0. The molecule has 136 valence electrons. The fourth-order valence-corrected chi connectivity index (χ4v) is 3.05. The van der Waals surface area contributed by atoms with E-state index >= 15 is 0 Å². The van der Waals surface area contributed by atoms with Crippen molar-refractivity contribution in [3.8, 4) is 11.4 Å². The van der Waals surface area contributed by atoms with Crippen LogP contribution in [0.4, 0.5) is 0 Å². The summed E-state index contributed by atoms with van der Waals surface area (Å²) >= 11 is 0. The maximum Gasteiger partial charge on any atom is 0.269 e. The number of amides is 1. The Kier molecular flexibility index (Phi) is 4.65. The van der Waals surface area contributed by atoms with E-state index in [1.165, 1.54) is 0 Å². The summed E-state index contributed by atoms with van der Waals surface area (Å²) in [4.78, 5) is 21.2. The van der Waals surface area contributed by atoms with Crippen molar-refractivity contribution in [1.82, 2.24) is 30.0 Å². The van der Waals surface area contributed by atoms with Crippen LogP contribution in [0.25, 0.3) is 22.4 Å². The number of aryl methyl sites for hydroxylation is 2. The summed E-state index contributed by atoms with van der Waals surface area (Å²) in [6, 6.07) is 15.4. The molecule has 1 amide bonds. The van der Waals surface area contributed by atoms with E-state index in [-0.39, 0.29) is 5.91 Å². The van der Waals surface area contributed by atoms with E-state index in [1.54, 1.807) is 12.3 Å². The van der Waals surface area contributed by atoms with Gasteiger partial charge in [-0.25, -0.2) is 4.98 Å². The average molecular weight is 360 g/mol. The monoisotopic (exact) mass is 360 g/mol. The average Bonchev–Trinajstić information content (AvgIpc) is 3.32. The molecular formula is C20H20N6O. The van der Waals surface area contributed by atoms with E-state index in [9.17, 15) is 4.79 Å². The zero-order chi connectivity index (χ0) is 18.6. The highest BCUT2D eigenvalue weighted by atomic mass is 16.1. The molecule has 4 rings (SSSR count). The Hall–Kier alpha value is -3.48. The highest BCUT2D eigenvalue weighted by Gasteiger charge is 2.12. The number of nitrogens with one attached hydrogen (secondary N) is 2. The zero-order valence-electron chi connectivity index (χ0n) is 15.0. The normalized spacial score (nSPS) is 11.0. The van der Waals surface area contributed by atoms with E-state index < -0.39 is 0 Å². The highest BCUT2D eigenvalue weighted by Crippen LogP contribution is 2.16. The van der Waals surface area contributed by atoms with Gasteiger partial charge in [-0.2, -0.15) is 5.10 Å². The first-order valence-corrected chi connectivity index (χ1v) is 8.88. The van der Waals surface area contributed by atoms with Gasteiger partial charge in [-0.15, -0.1) is 0 Å². The van der Waals surface area contributed by atoms with Gasteiger partial charge in [-0.3, -0.25) is 14.9 Å². The largest absolute Gasteiger partial charge is 0.351 e. The second-order valence-corrected chi connectivity index (χ2v) is 6.32. The molecule has 0 spiro atoms. The lowest BCUT2D eigenvalue weighted by molar-refractivity contribution is 0.0948. The molecule has 0 aliphatic carbocycles. The number of imidazole rings is 1. The van der Waals surface area contributed by atoms with Gasteiger partial charge < -0.3 is 9.88 Å². The second kappa shape index (κ2) is 7.41. The van der Waals surface area contributed by atoms with Crippen LogP contribution in [0.15, 0.2) is 54.7 Å². The molecule has 1 aromatic carbocycles. The first-order chi connectivity index (χ1) is 13.2. The first-order valence-electron chi connectivity index (χ1n) is 8.88.